The molecule has 2 heterocycles. The highest BCUT2D eigenvalue weighted by Gasteiger charge is 2.37. The van der Waals surface area contributed by atoms with Crippen molar-refractivity contribution in [3.8, 4) is 0 Å². The maximum atomic E-state index is 13.5. The number of rotatable bonds is 5. The molecule has 3 amide bonds. The normalized spacial score (nSPS) is 21.4. The molecule has 3 aliphatic rings. The third-order valence-electron chi connectivity index (χ3n) is 7.64. The van der Waals surface area contributed by atoms with Crippen molar-refractivity contribution in [2.75, 3.05) is 26.2 Å². The Kier molecular flexibility index (Phi) is 7.48. The van der Waals surface area contributed by atoms with Gasteiger partial charge in [0.05, 0.1) is 0 Å². The number of hydrogen-bond acceptors (Lipinski definition) is 3. The summed E-state index contributed by atoms with van der Waals surface area (Å²) in [7, 11) is 0. The number of carbonyl (C=O) groups excluding carboxylic acids is 3. The predicted molar refractivity (Wildman–Crippen MR) is 124 cm³/mol. The van der Waals surface area contributed by atoms with Crippen LogP contribution in [-0.4, -0.2) is 59.7 Å². The number of nitrogens with one attached hydrogen (secondary N) is 1. The molecular formula is C26H37N3O3. The molecule has 1 aromatic rings. The second-order valence-corrected chi connectivity index (χ2v) is 9.80. The van der Waals surface area contributed by atoms with E-state index in [0.29, 0.717) is 24.6 Å². The highest BCUT2D eigenvalue weighted by Crippen LogP contribution is 2.30. The molecule has 174 valence electrons. The van der Waals surface area contributed by atoms with Crippen molar-refractivity contribution in [3.63, 3.8) is 0 Å². The van der Waals surface area contributed by atoms with Gasteiger partial charge in [-0.1, -0.05) is 31.0 Å². The van der Waals surface area contributed by atoms with Crippen LogP contribution in [0.2, 0.25) is 0 Å². The number of nitrogens with zero attached hydrogens (tertiary/aromatic N) is 2. The van der Waals surface area contributed by atoms with E-state index < -0.39 is 6.04 Å². The summed E-state index contributed by atoms with van der Waals surface area (Å²) < 4.78 is 0. The van der Waals surface area contributed by atoms with Crippen LogP contribution in [0.25, 0.3) is 0 Å². The molecule has 2 saturated heterocycles. The lowest BCUT2D eigenvalue weighted by molar-refractivity contribution is -0.138. The molecule has 6 nitrogen and oxygen atoms in total. The molecule has 32 heavy (non-hydrogen) atoms. The SMILES string of the molecule is Cc1ccccc1C(=O)N[C@@H](C(=O)N1CCCCC1)C1CCN(C(=O)C2CCCC2)CC1. The summed E-state index contributed by atoms with van der Waals surface area (Å²) in [6.07, 6.45) is 9.08. The third-order valence-corrected chi connectivity index (χ3v) is 7.64. The minimum absolute atomic E-state index is 0.0483. The summed E-state index contributed by atoms with van der Waals surface area (Å²) in [6.45, 7) is 4.83. The molecule has 0 aromatic heterocycles. The molecule has 1 saturated carbocycles. The minimum atomic E-state index is -0.524. The zero-order valence-electron chi connectivity index (χ0n) is 19.4. The van der Waals surface area contributed by atoms with Crippen molar-refractivity contribution in [3.05, 3.63) is 35.4 Å². The fraction of sp³-hybridized carbons (Fsp3) is 0.654. The molecule has 0 unspecified atom stereocenters. The molecule has 2 aliphatic heterocycles. The van der Waals surface area contributed by atoms with Crippen molar-refractivity contribution < 1.29 is 14.4 Å². The molecule has 6 heteroatoms. The molecule has 1 aromatic carbocycles. The van der Waals surface area contributed by atoms with Gasteiger partial charge >= 0.3 is 0 Å². The van der Waals surface area contributed by atoms with Gasteiger partial charge in [0.25, 0.3) is 5.91 Å². The van der Waals surface area contributed by atoms with Gasteiger partial charge in [-0.05, 0) is 69.4 Å². The number of hydrogen-bond donors (Lipinski definition) is 1. The van der Waals surface area contributed by atoms with E-state index in [1.807, 2.05) is 41.0 Å². The topological polar surface area (TPSA) is 69.7 Å². The van der Waals surface area contributed by atoms with E-state index in [0.717, 1.165) is 76.4 Å². The Balaban J connectivity index is 1.45. The van der Waals surface area contributed by atoms with Gasteiger partial charge in [0.15, 0.2) is 0 Å². The fourth-order valence-corrected chi connectivity index (χ4v) is 5.62. The Morgan fingerprint density at radius 1 is 0.844 bits per heavy atom. The summed E-state index contributed by atoms with van der Waals surface area (Å²) in [4.78, 5) is 43.4. The van der Waals surface area contributed by atoms with E-state index >= 15 is 0 Å². The lowest BCUT2D eigenvalue weighted by Crippen LogP contribution is -2.55. The molecule has 1 N–H and O–H groups in total. The van der Waals surface area contributed by atoms with Crippen LogP contribution >= 0.6 is 0 Å². The zero-order valence-corrected chi connectivity index (χ0v) is 19.4. The minimum Gasteiger partial charge on any atom is -0.342 e. The number of aryl methyl sites for hydroxylation is 1. The first-order valence-corrected chi connectivity index (χ1v) is 12.5. The van der Waals surface area contributed by atoms with E-state index in [1.54, 1.807) is 0 Å². The van der Waals surface area contributed by atoms with Gasteiger partial charge in [-0.2, -0.15) is 0 Å². The van der Waals surface area contributed by atoms with Crippen LogP contribution in [0.15, 0.2) is 24.3 Å². The van der Waals surface area contributed by atoms with E-state index in [4.69, 9.17) is 0 Å². The molecule has 0 bridgehead atoms. The zero-order chi connectivity index (χ0) is 22.5. The second-order valence-electron chi connectivity index (χ2n) is 9.80. The number of piperidine rings is 2. The quantitative estimate of drug-likeness (QED) is 0.763. The van der Waals surface area contributed by atoms with Crippen LogP contribution in [0, 0.1) is 18.8 Å². The average Bonchev–Trinajstić information content (AvgIpc) is 3.37. The summed E-state index contributed by atoms with van der Waals surface area (Å²) in [5, 5.41) is 3.11. The lowest BCUT2D eigenvalue weighted by Gasteiger charge is -2.39. The molecule has 0 spiro atoms. The van der Waals surface area contributed by atoms with E-state index in [2.05, 4.69) is 5.32 Å². The maximum absolute atomic E-state index is 13.5. The van der Waals surface area contributed by atoms with E-state index in [-0.39, 0.29) is 23.7 Å². The monoisotopic (exact) mass is 439 g/mol. The van der Waals surface area contributed by atoms with Crippen LogP contribution in [0.5, 0.6) is 0 Å². The summed E-state index contributed by atoms with van der Waals surface area (Å²) in [5.41, 5.74) is 1.53. The second kappa shape index (κ2) is 10.5. The van der Waals surface area contributed by atoms with Gasteiger partial charge in [-0.25, -0.2) is 0 Å². The first kappa shape index (κ1) is 22.8. The van der Waals surface area contributed by atoms with Gasteiger partial charge in [0.1, 0.15) is 6.04 Å². The smallest absolute Gasteiger partial charge is 0.252 e. The van der Waals surface area contributed by atoms with Gasteiger partial charge in [0.2, 0.25) is 11.8 Å². The third kappa shape index (κ3) is 5.16. The van der Waals surface area contributed by atoms with Crippen LogP contribution in [0.4, 0.5) is 0 Å². The highest BCUT2D eigenvalue weighted by molar-refractivity contribution is 5.98. The Bertz CT molecular complexity index is 819. The van der Waals surface area contributed by atoms with Crippen molar-refractivity contribution in [1.82, 2.24) is 15.1 Å². The Labute approximate surface area is 191 Å². The van der Waals surface area contributed by atoms with Crippen LogP contribution in [-0.2, 0) is 9.59 Å². The first-order chi connectivity index (χ1) is 15.5. The molecule has 3 fully saturated rings. The number of amides is 3. The Morgan fingerprint density at radius 2 is 1.50 bits per heavy atom. The number of carbonyl (C=O) groups is 3. The molecule has 0 radical (unpaired) electrons. The predicted octanol–water partition coefficient (Wildman–Crippen LogP) is 3.53. The van der Waals surface area contributed by atoms with E-state index in [9.17, 15) is 14.4 Å². The molecular weight excluding hydrogens is 402 g/mol. The number of benzene rings is 1. The maximum Gasteiger partial charge on any atom is 0.252 e. The van der Waals surface area contributed by atoms with Crippen molar-refractivity contribution >= 4 is 17.7 Å². The van der Waals surface area contributed by atoms with Gasteiger partial charge in [-0.15, -0.1) is 0 Å². The largest absolute Gasteiger partial charge is 0.342 e. The van der Waals surface area contributed by atoms with E-state index in [1.165, 1.54) is 0 Å². The molecule has 4 rings (SSSR count). The summed E-state index contributed by atoms with van der Waals surface area (Å²) in [5.74, 6) is 0.419. The highest BCUT2D eigenvalue weighted by atomic mass is 16.2. The number of likely N-dealkylation sites (tertiary alicyclic amines) is 2. The first-order valence-electron chi connectivity index (χ1n) is 12.5. The van der Waals surface area contributed by atoms with Crippen LogP contribution in [0.1, 0.15) is 73.7 Å². The summed E-state index contributed by atoms with van der Waals surface area (Å²) >= 11 is 0. The van der Waals surface area contributed by atoms with Gasteiger partial charge < -0.3 is 15.1 Å². The van der Waals surface area contributed by atoms with Gasteiger partial charge in [-0.3, -0.25) is 14.4 Å². The Hall–Kier alpha value is -2.37. The Morgan fingerprint density at radius 3 is 2.16 bits per heavy atom. The molecule has 1 aliphatic carbocycles. The lowest BCUT2D eigenvalue weighted by atomic mass is 9.87. The standard InChI is InChI=1S/C26H37N3O3/c1-19-9-3-6-12-22(19)24(30)27-23(26(32)28-15-7-2-8-16-28)20-13-17-29(18-14-20)25(31)21-10-4-5-11-21/h3,6,9,12,20-21,23H,2,4-5,7-8,10-11,13-18H2,1H3,(H,27,30)/t23-/m1/s1. The average molecular weight is 440 g/mol. The van der Waals surface area contributed by atoms with Crippen molar-refractivity contribution in [2.24, 2.45) is 11.8 Å². The van der Waals surface area contributed by atoms with Gasteiger partial charge in [0, 0.05) is 37.7 Å². The van der Waals surface area contributed by atoms with Crippen LogP contribution < -0.4 is 5.32 Å². The van der Waals surface area contributed by atoms with Crippen molar-refractivity contribution in [2.45, 2.75) is 70.8 Å². The van der Waals surface area contributed by atoms with Crippen LogP contribution in [0.3, 0.4) is 0 Å². The molecule has 1 atom stereocenters. The summed E-state index contributed by atoms with van der Waals surface area (Å²) in [6, 6.07) is 6.99. The van der Waals surface area contributed by atoms with Crippen molar-refractivity contribution in [1.29, 1.82) is 0 Å². The fourth-order valence-electron chi connectivity index (χ4n) is 5.62.